The first-order chi connectivity index (χ1) is 12.2. The van der Waals surface area contributed by atoms with Gasteiger partial charge in [-0.1, -0.05) is 48.5 Å². The molecule has 1 aliphatic heterocycles. The van der Waals surface area contributed by atoms with Gasteiger partial charge >= 0.3 is 0 Å². The number of ketones is 1. The van der Waals surface area contributed by atoms with Crippen LogP contribution < -0.4 is 0 Å². The molecular formula is C21H19NO2S. The first kappa shape index (κ1) is 16.0. The smallest absolute Gasteiger partial charge is 0.255 e. The number of benzene rings is 2. The highest BCUT2D eigenvalue weighted by Crippen LogP contribution is 2.29. The van der Waals surface area contributed by atoms with Crippen LogP contribution in [0.25, 0.3) is 10.1 Å². The van der Waals surface area contributed by atoms with Crippen molar-refractivity contribution in [3.63, 3.8) is 0 Å². The Morgan fingerprint density at radius 1 is 0.920 bits per heavy atom. The summed E-state index contributed by atoms with van der Waals surface area (Å²) in [4.78, 5) is 27.3. The van der Waals surface area contributed by atoms with Gasteiger partial charge in [0.2, 0.25) is 0 Å². The molecule has 4 heteroatoms. The lowest BCUT2D eigenvalue weighted by Crippen LogP contribution is -2.40. The number of hydrogen-bond donors (Lipinski definition) is 0. The van der Waals surface area contributed by atoms with Gasteiger partial charge in [0.1, 0.15) is 0 Å². The Balaban J connectivity index is 1.45. The number of Topliss-reactive ketones (excluding diaryl/α,β-unsaturated/α-hetero) is 1. The predicted molar refractivity (Wildman–Crippen MR) is 101 cm³/mol. The van der Waals surface area contributed by atoms with Crippen LogP contribution in [0.4, 0.5) is 0 Å². The Kier molecular flexibility index (Phi) is 4.36. The summed E-state index contributed by atoms with van der Waals surface area (Å²) >= 11 is 1.61. The first-order valence-corrected chi connectivity index (χ1v) is 9.47. The van der Waals surface area contributed by atoms with E-state index >= 15 is 0 Å². The van der Waals surface area contributed by atoms with Gasteiger partial charge in [0, 0.05) is 40.0 Å². The number of nitrogens with zero attached hydrogens (tertiary/aromatic N) is 1. The molecule has 0 spiro atoms. The second kappa shape index (κ2) is 6.81. The largest absolute Gasteiger partial charge is 0.339 e. The maximum absolute atomic E-state index is 12.9. The van der Waals surface area contributed by atoms with Gasteiger partial charge in [0.05, 0.1) is 5.56 Å². The Hall–Kier alpha value is -2.46. The average Bonchev–Trinajstić information content (AvgIpc) is 3.12. The Labute approximate surface area is 150 Å². The molecule has 2 aromatic carbocycles. The minimum Gasteiger partial charge on any atom is -0.339 e. The van der Waals surface area contributed by atoms with E-state index in [-0.39, 0.29) is 17.6 Å². The summed E-state index contributed by atoms with van der Waals surface area (Å²) in [5, 5.41) is 2.98. The highest BCUT2D eigenvalue weighted by molar-refractivity contribution is 7.17. The number of likely N-dealkylation sites (tertiary alicyclic amines) is 1. The first-order valence-electron chi connectivity index (χ1n) is 8.59. The number of carbonyl (C=O) groups excluding carboxylic acids is 2. The fourth-order valence-corrected chi connectivity index (χ4v) is 4.43. The topological polar surface area (TPSA) is 37.4 Å². The van der Waals surface area contributed by atoms with Crippen LogP contribution in [0.5, 0.6) is 0 Å². The van der Waals surface area contributed by atoms with Gasteiger partial charge in [-0.25, -0.2) is 0 Å². The molecule has 25 heavy (non-hydrogen) atoms. The quantitative estimate of drug-likeness (QED) is 0.646. The van der Waals surface area contributed by atoms with E-state index in [2.05, 4.69) is 0 Å². The molecule has 126 valence electrons. The summed E-state index contributed by atoms with van der Waals surface area (Å²) in [6.45, 7) is 1.29. The fourth-order valence-electron chi connectivity index (χ4n) is 3.50. The van der Waals surface area contributed by atoms with E-state index in [1.54, 1.807) is 11.3 Å². The summed E-state index contributed by atoms with van der Waals surface area (Å²) in [7, 11) is 0. The van der Waals surface area contributed by atoms with Crippen LogP contribution in [0.1, 0.15) is 33.6 Å². The molecule has 0 radical (unpaired) electrons. The molecular weight excluding hydrogens is 330 g/mol. The van der Waals surface area contributed by atoms with Crippen LogP contribution in [0, 0.1) is 5.92 Å². The van der Waals surface area contributed by atoms with E-state index in [1.165, 1.54) is 0 Å². The van der Waals surface area contributed by atoms with E-state index in [1.807, 2.05) is 64.9 Å². The number of thiophene rings is 1. The lowest BCUT2D eigenvalue weighted by atomic mass is 9.88. The third-order valence-electron chi connectivity index (χ3n) is 4.92. The lowest BCUT2D eigenvalue weighted by Gasteiger charge is -2.31. The second-order valence-corrected chi connectivity index (χ2v) is 7.35. The molecule has 2 heterocycles. The van der Waals surface area contributed by atoms with Gasteiger partial charge in [0.15, 0.2) is 5.78 Å². The van der Waals surface area contributed by atoms with Crippen molar-refractivity contribution in [2.75, 3.05) is 13.1 Å². The van der Waals surface area contributed by atoms with Gasteiger partial charge in [-0.3, -0.25) is 9.59 Å². The zero-order chi connectivity index (χ0) is 17.2. The molecule has 0 saturated carbocycles. The van der Waals surface area contributed by atoms with Crippen molar-refractivity contribution in [1.29, 1.82) is 0 Å². The van der Waals surface area contributed by atoms with Gasteiger partial charge in [-0.05, 0) is 18.9 Å². The van der Waals surface area contributed by atoms with Gasteiger partial charge in [0.25, 0.3) is 5.91 Å². The fraction of sp³-hybridized carbons (Fsp3) is 0.238. The standard InChI is InChI=1S/C21H19NO2S/c23-20(15-6-2-1-3-7-15)16-10-12-22(13-11-16)21(24)18-14-25-19-9-5-4-8-17(18)19/h1-9,14,16H,10-13H2. The Bertz CT molecular complexity index is 908. The lowest BCUT2D eigenvalue weighted by molar-refractivity contribution is 0.0652. The van der Waals surface area contributed by atoms with Crippen LogP contribution >= 0.6 is 11.3 Å². The number of piperidine rings is 1. The number of hydrogen-bond acceptors (Lipinski definition) is 3. The molecule has 0 bridgehead atoms. The normalized spacial score (nSPS) is 15.4. The van der Waals surface area contributed by atoms with E-state index in [4.69, 9.17) is 0 Å². The summed E-state index contributed by atoms with van der Waals surface area (Å²) in [5.41, 5.74) is 1.56. The molecule has 1 amide bonds. The molecule has 4 rings (SSSR count). The minimum atomic E-state index is 0.0191. The molecule has 0 unspecified atom stereocenters. The maximum atomic E-state index is 12.9. The van der Waals surface area contributed by atoms with Gasteiger partial charge in [-0.15, -0.1) is 11.3 Å². The zero-order valence-electron chi connectivity index (χ0n) is 13.9. The molecule has 0 atom stereocenters. The average molecular weight is 349 g/mol. The molecule has 1 aliphatic rings. The maximum Gasteiger partial charge on any atom is 0.255 e. The number of fused-ring (bicyclic) bond motifs is 1. The van der Waals surface area contributed by atoms with E-state index in [0.29, 0.717) is 13.1 Å². The third-order valence-corrected chi connectivity index (χ3v) is 5.89. The van der Waals surface area contributed by atoms with Crippen LogP contribution in [0.3, 0.4) is 0 Å². The highest BCUT2D eigenvalue weighted by atomic mass is 32.1. The van der Waals surface area contributed by atoms with Crippen molar-refractivity contribution < 1.29 is 9.59 Å². The number of amides is 1. The highest BCUT2D eigenvalue weighted by Gasteiger charge is 2.29. The summed E-state index contributed by atoms with van der Waals surface area (Å²) in [6.07, 6.45) is 1.48. The molecule has 3 aromatic rings. The summed E-state index contributed by atoms with van der Waals surface area (Å²) < 4.78 is 1.14. The molecule has 0 N–H and O–H groups in total. The van der Waals surface area contributed by atoms with Gasteiger partial charge in [-0.2, -0.15) is 0 Å². The van der Waals surface area contributed by atoms with Crippen molar-refractivity contribution in [3.8, 4) is 0 Å². The minimum absolute atomic E-state index is 0.0191. The second-order valence-electron chi connectivity index (χ2n) is 6.44. The summed E-state index contributed by atoms with van der Waals surface area (Å²) in [5.74, 6) is 0.308. The zero-order valence-corrected chi connectivity index (χ0v) is 14.7. The van der Waals surface area contributed by atoms with E-state index in [0.717, 1.165) is 34.1 Å². The molecule has 3 nitrogen and oxygen atoms in total. The van der Waals surface area contributed by atoms with E-state index < -0.39 is 0 Å². The van der Waals surface area contributed by atoms with Crippen molar-refractivity contribution in [3.05, 3.63) is 71.1 Å². The van der Waals surface area contributed by atoms with Gasteiger partial charge < -0.3 is 4.90 Å². The molecule has 1 fully saturated rings. The number of carbonyl (C=O) groups is 2. The molecule has 1 saturated heterocycles. The number of rotatable bonds is 3. The van der Waals surface area contributed by atoms with Crippen molar-refractivity contribution in [2.24, 2.45) is 5.92 Å². The molecule has 1 aromatic heterocycles. The third kappa shape index (κ3) is 3.10. The predicted octanol–water partition coefficient (Wildman–Crippen LogP) is 4.64. The van der Waals surface area contributed by atoms with Crippen molar-refractivity contribution in [2.45, 2.75) is 12.8 Å². The van der Waals surface area contributed by atoms with Crippen molar-refractivity contribution in [1.82, 2.24) is 4.90 Å². The molecule has 0 aliphatic carbocycles. The Morgan fingerprint density at radius 2 is 1.60 bits per heavy atom. The Morgan fingerprint density at radius 3 is 2.36 bits per heavy atom. The van der Waals surface area contributed by atoms with Crippen LogP contribution in [-0.2, 0) is 0 Å². The van der Waals surface area contributed by atoms with Crippen LogP contribution in [0.15, 0.2) is 60.0 Å². The van der Waals surface area contributed by atoms with Crippen LogP contribution in [0.2, 0.25) is 0 Å². The monoisotopic (exact) mass is 349 g/mol. The summed E-state index contributed by atoms with van der Waals surface area (Å²) in [6, 6.07) is 17.5. The van der Waals surface area contributed by atoms with Crippen molar-refractivity contribution >= 4 is 33.1 Å². The van der Waals surface area contributed by atoms with E-state index in [9.17, 15) is 9.59 Å². The SMILES string of the molecule is O=C(c1ccccc1)C1CCN(C(=O)c2csc3ccccc23)CC1. The van der Waals surface area contributed by atoms with Crippen LogP contribution in [-0.4, -0.2) is 29.7 Å².